The summed E-state index contributed by atoms with van der Waals surface area (Å²) < 4.78 is 1.58. The van der Waals surface area contributed by atoms with Crippen molar-refractivity contribution in [3.05, 3.63) is 40.5 Å². The molecule has 1 aromatic heterocycles. The first-order chi connectivity index (χ1) is 11.5. The van der Waals surface area contributed by atoms with Crippen LogP contribution in [0.5, 0.6) is 0 Å². The molecule has 3 rings (SSSR count). The number of hydrogen-bond acceptors (Lipinski definition) is 5. The molecular weight excluding hydrogens is 350 g/mol. The van der Waals surface area contributed by atoms with Gasteiger partial charge in [0.15, 0.2) is 5.82 Å². The number of carbonyl (C=O) groups excluding carboxylic acids is 2. The van der Waals surface area contributed by atoms with Gasteiger partial charge in [0.2, 0.25) is 5.91 Å². The van der Waals surface area contributed by atoms with Crippen LogP contribution in [-0.4, -0.2) is 49.4 Å². The Kier molecular flexibility index (Phi) is 4.77. The number of aryl methyl sites for hydroxylation is 1. The van der Waals surface area contributed by atoms with E-state index in [-0.39, 0.29) is 11.8 Å². The van der Waals surface area contributed by atoms with E-state index in [9.17, 15) is 9.59 Å². The number of hydrogen-bond donors (Lipinski definition) is 1. The molecule has 1 aliphatic heterocycles. The second-order valence-electron chi connectivity index (χ2n) is 5.43. The molecule has 7 nitrogen and oxygen atoms in total. The molecule has 1 saturated heterocycles. The normalized spacial score (nSPS) is 17.1. The van der Waals surface area contributed by atoms with Crippen molar-refractivity contribution in [2.75, 3.05) is 16.9 Å². The van der Waals surface area contributed by atoms with E-state index >= 15 is 0 Å². The van der Waals surface area contributed by atoms with Crippen LogP contribution in [0.3, 0.4) is 0 Å². The Bertz CT molecular complexity index is 777. The van der Waals surface area contributed by atoms with Crippen LogP contribution in [0.2, 0.25) is 5.02 Å². The van der Waals surface area contributed by atoms with Crippen molar-refractivity contribution < 1.29 is 9.59 Å². The van der Waals surface area contributed by atoms with Crippen LogP contribution in [0.4, 0.5) is 5.82 Å². The molecule has 1 atom stereocenters. The minimum atomic E-state index is -0.542. The number of halogens is 1. The molecule has 0 aliphatic carbocycles. The van der Waals surface area contributed by atoms with Crippen molar-refractivity contribution >= 4 is 41.0 Å². The number of anilines is 1. The highest BCUT2D eigenvalue weighted by molar-refractivity contribution is 7.99. The smallest absolute Gasteiger partial charge is 0.255 e. The highest BCUT2D eigenvalue weighted by atomic mass is 35.5. The molecule has 0 spiro atoms. The van der Waals surface area contributed by atoms with Gasteiger partial charge in [0.1, 0.15) is 6.04 Å². The minimum Gasteiger partial charge on any atom is -0.317 e. The van der Waals surface area contributed by atoms with E-state index in [1.54, 1.807) is 52.7 Å². The van der Waals surface area contributed by atoms with Gasteiger partial charge in [0.25, 0.3) is 5.91 Å². The first kappa shape index (κ1) is 16.8. The zero-order valence-corrected chi connectivity index (χ0v) is 14.8. The van der Waals surface area contributed by atoms with E-state index < -0.39 is 6.04 Å². The van der Waals surface area contributed by atoms with Gasteiger partial charge in [0, 0.05) is 23.4 Å². The fourth-order valence-corrected chi connectivity index (χ4v) is 3.62. The molecule has 24 heavy (non-hydrogen) atoms. The lowest BCUT2D eigenvalue weighted by Gasteiger charge is -2.22. The summed E-state index contributed by atoms with van der Waals surface area (Å²) >= 11 is 7.40. The third kappa shape index (κ3) is 3.25. The van der Waals surface area contributed by atoms with E-state index in [0.29, 0.717) is 28.0 Å². The number of amides is 2. The zero-order chi connectivity index (χ0) is 17.3. The minimum absolute atomic E-state index is 0.187. The summed E-state index contributed by atoms with van der Waals surface area (Å²) in [5.74, 6) is 0.987. The molecule has 2 amide bonds. The zero-order valence-electron chi connectivity index (χ0n) is 13.2. The maximum absolute atomic E-state index is 12.7. The monoisotopic (exact) mass is 365 g/mol. The van der Waals surface area contributed by atoms with E-state index in [2.05, 4.69) is 15.6 Å². The Hall–Kier alpha value is -2.06. The summed E-state index contributed by atoms with van der Waals surface area (Å²) in [7, 11) is 1.75. The SMILES string of the molecule is Cc1c(NC(=O)C2CSCN2C(=O)c2ccc(Cl)cc2)nnn1C. The molecule has 126 valence electrons. The van der Waals surface area contributed by atoms with Crippen LogP contribution in [0.15, 0.2) is 24.3 Å². The van der Waals surface area contributed by atoms with Crippen LogP contribution in [0.25, 0.3) is 0 Å². The molecule has 2 aromatic rings. The lowest BCUT2D eigenvalue weighted by molar-refractivity contribution is -0.119. The lowest BCUT2D eigenvalue weighted by Crippen LogP contribution is -2.44. The first-order valence-corrected chi connectivity index (χ1v) is 8.82. The molecule has 0 radical (unpaired) electrons. The first-order valence-electron chi connectivity index (χ1n) is 7.29. The molecule has 2 heterocycles. The summed E-state index contributed by atoms with van der Waals surface area (Å²) in [6.45, 7) is 1.82. The number of nitrogens with one attached hydrogen (secondary N) is 1. The average Bonchev–Trinajstić information content (AvgIpc) is 3.17. The van der Waals surface area contributed by atoms with Crippen LogP contribution in [0, 0.1) is 6.92 Å². The predicted octanol–water partition coefficient (Wildman–Crippen LogP) is 1.93. The van der Waals surface area contributed by atoms with Crippen molar-refractivity contribution in [3.8, 4) is 0 Å². The van der Waals surface area contributed by atoms with Crippen molar-refractivity contribution in [2.45, 2.75) is 13.0 Å². The Labute approximate surface area is 148 Å². The molecule has 1 fully saturated rings. The maximum atomic E-state index is 12.7. The van der Waals surface area contributed by atoms with Gasteiger partial charge in [0.05, 0.1) is 11.6 Å². The standard InChI is InChI=1S/C15H16ClN5O2S/c1-9-13(18-19-20(9)2)17-14(22)12-7-24-8-21(12)15(23)10-3-5-11(16)6-4-10/h3-6,12H,7-8H2,1-2H3,(H,17,22). The van der Waals surface area contributed by atoms with Gasteiger partial charge in [-0.15, -0.1) is 16.9 Å². The Morgan fingerprint density at radius 1 is 1.33 bits per heavy atom. The van der Waals surface area contributed by atoms with Crippen molar-refractivity contribution in [2.24, 2.45) is 7.05 Å². The number of rotatable bonds is 3. The number of nitrogens with zero attached hydrogens (tertiary/aromatic N) is 4. The lowest BCUT2D eigenvalue weighted by atomic mass is 10.1. The largest absolute Gasteiger partial charge is 0.317 e. The molecule has 1 aliphatic rings. The van der Waals surface area contributed by atoms with E-state index in [0.717, 1.165) is 5.69 Å². The molecule has 1 unspecified atom stereocenters. The van der Waals surface area contributed by atoms with Gasteiger partial charge in [-0.05, 0) is 31.2 Å². The summed E-state index contributed by atoms with van der Waals surface area (Å²) in [4.78, 5) is 26.8. The number of aromatic nitrogens is 3. The summed E-state index contributed by atoms with van der Waals surface area (Å²) in [5.41, 5.74) is 1.26. The van der Waals surface area contributed by atoms with Gasteiger partial charge >= 0.3 is 0 Å². The molecule has 1 aromatic carbocycles. The van der Waals surface area contributed by atoms with Crippen molar-refractivity contribution in [1.82, 2.24) is 19.9 Å². The molecule has 1 N–H and O–H groups in total. The second kappa shape index (κ2) is 6.82. The van der Waals surface area contributed by atoms with Gasteiger partial charge in [-0.3, -0.25) is 14.3 Å². The molecule has 9 heteroatoms. The molecule has 0 saturated carbocycles. The summed E-state index contributed by atoms with van der Waals surface area (Å²) in [6.07, 6.45) is 0. The van der Waals surface area contributed by atoms with Gasteiger partial charge in [-0.2, -0.15) is 0 Å². The number of benzene rings is 1. The topological polar surface area (TPSA) is 80.1 Å². The van der Waals surface area contributed by atoms with Crippen LogP contribution in [0.1, 0.15) is 16.1 Å². The van der Waals surface area contributed by atoms with E-state index in [1.807, 2.05) is 6.92 Å². The summed E-state index contributed by atoms with van der Waals surface area (Å²) in [6, 6.07) is 6.11. The highest BCUT2D eigenvalue weighted by Gasteiger charge is 2.35. The number of carbonyl (C=O) groups is 2. The fraction of sp³-hybridized carbons (Fsp3) is 0.333. The third-order valence-corrected chi connectivity index (χ3v) is 5.15. The van der Waals surface area contributed by atoms with E-state index in [1.165, 1.54) is 0 Å². The van der Waals surface area contributed by atoms with Crippen LogP contribution < -0.4 is 5.32 Å². The molecular formula is C15H16ClN5O2S. The van der Waals surface area contributed by atoms with Crippen molar-refractivity contribution in [3.63, 3.8) is 0 Å². The predicted molar refractivity (Wildman–Crippen MR) is 93.1 cm³/mol. The Morgan fingerprint density at radius 3 is 2.67 bits per heavy atom. The van der Waals surface area contributed by atoms with Crippen LogP contribution in [-0.2, 0) is 11.8 Å². The third-order valence-electron chi connectivity index (χ3n) is 3.89. The maximum Gasteiger partial charge on any atom is 0.255 e. The van der Waals surface area contributed by atoms with E-state index in [4.69, 9.17) is 11.6 Å². The molecule has 0 bridgehead atoms. The highest BCUT2D eigenvalue weighted by Crippen LogP contribution is 2.25. The summed E-state index contributed by atoms with van der Waals surface area (Å²) in [5, 5.41) is 11.1. The second-order valence-corrected chi connectivity index (χ2v) is 6.87. The van der Waals surface area contributed by atoms with Crippen molar-refractivity contribution in [1.29, 1.82) is 0 Å². The van der Waals surface area contributed by atoms with Crippen LogP contribution >= 0.6 is 23.4 Å². The number of thioether (sulfide) groups is 1. The van der Waals surface area contributed by atoms with Gasteiger partial charge in [-0.1, -0.05) is 16.8 Å². The fourth-order valence-electron chi connectivity index (χ4n) is 2.34. The quantitative estimate of drug-likeness (QED) is 0.899. The van der Waals surface area contributed by atoms with Gasteiger partial charge in [-0.25, -0.2) is 0 Å². The Balaban J connectivity index is 1.75. The average molecular weight is 366 g/mol. The Morgan fingerprint density at radius 2 is 2.04 bits per heavy atom. The van der Waals surface area contributed by atoms with Gasteiger partial charge < -0.3 is 10.2 Å².